The molecule has 1 aliphatic heterocycles. The van der Waals surface area contributed by atoms with Gasteiger partial charge in [-0.1, -0.05) is 24.3 Å². The summed E-state index contributed by atoms with van der Waals surface area (Å²) in [5.74, 6) is 0.896. The number of carbonyl (C=O) groups is 1. The van der Waals surface area contributed by atoms with Crippen molar-refractivity contribution in [3.05, 3.63) is 72.2 Å². The van der Waals surface area contributed by atoms with Gasteiger partial charge in [0.15, 0.2) is 5.82 Å². The highest BCUT2D eigenvalue weighted by Gasteiger charge is 2.26. The number of benzene rings is 2. The Bertz CT molecular complexity index is 1100. The zero-order chi connectivity index (χ0) is 23.9. The predicted molar refractivity (Wildman–Crippen MR) is 134 cm³/mol. The van der Waals surface area contributed by atoms with Crippen molar-refractivity contribution in [2.45, 2.75) is 33.2 Å². The molecule has 0 bridgehead atoms. The van der Waals surface area contributed by atoms with Gasteiger partial charge in [0.05, 0.1) is 5.92 Å². The van der Waals surface area contributed by atoms with E-state index in [2.05, 4.69) is 63.2 Å². The average Bonchev–Trinajstić information content (AvgIpc) is 2.89. The molecule has 2 aromatic carbocycles. The molecular weight excluding hydrogens is 429 g/mol. The van der Waals surface area contributed by atoms with Crippen molar-refractivity contribution in [2.75, 3.05) is 36.0 Å². The Labute approximate surface area is 200 Å². The highest BCUT2D eigenvalue weighted by Crippen LogP contribution is 2.24. The van der Waals surface area contributed by atoms with Crippen molar-refractivity contribution in [1.29, 1.82) is 0 Å². The Hall–Kier alpha value is -3.48. The fourth-order valence-corrected chi connectivity index (χ4v) is 4.44. The van der Waals surface area contributed by atoms with E-state index in [1.54, 1.807) is 18.3 Å². The zero-order valence-electron chi connectivity index (χ0n) is 19.9. The van der Waals surface area contributed by atoms with E-state index in [0.29, 0.717) is 24.5 Å². The van der Waals surface area contributed by atoms with Crippen LogP contribution in [0.3, 0.4) is 0 Å². The number of hydrogen-bond donors (Lipinski definition) is 1. The van der Waals surface area contributed by atoms with Gasteiger partial charge in [0.25, 0.3) is 0 Å². The molecule has 1 fully saturated rings. The molecule has 34 heavy (non-hydrogen) atoms. The lowest BCUT2D eigenvalue weighted by Gasteiger charge is -2.33. The lowest BCUT2D eigenvalue weighted by molar-refractivity contribution is -0.125. The largest absolute Gasteiger partial charge is 0.372 e. The number of hydrogen-bond acceptors (Lipinski definition) is 5. The SMILES string of the molecule is CCN(CC)c1ccc(CNC(=O)C2CCCN(c3ccnc(-c4cccc(F)c4)n3)C2)cc1. The summed E-state index contributed by atoms with van der Waals surface area (Å²) in [7, 11) is 0. The van der Waals surface area contributed by atoms with Crippen molar-refractivity contribution >= 4 is 17.4 Å². The van der Waals surface area contributed by atoms with Gasteiger partial charge in [-0.05, 0) is 62.6 Å². The van der Waals surface area contributed by atoms with Crippen molar-refractivity contribution in [1.82, 2.24) is 15.3 Å². The number of aromatic nitrogens is 2. The third-order valence-corrected chi connectivity index (χ3v) is 6.37. The molecule has 6 nitrogen and oxygen atoms in total. The number of amides is 1. The molecule has 4 rings (SSSR count). The van der Waals surface area contributed by atoms with Crippen LogP contribution in [0, 0.1) is 11.7 Å². The first-order valence-corrected chi connectivity index (χ1v) is 12.0. The quantitative estimate of drug-likeness (QED) is 0.529. The van der Waals surface area contributed by atoms with Gasteiger partial charge in [-0.3, -0.25) is 4.79 Å². The van der Waals surface area contributed by atoms with E-state index < -0.39 is 0 Å². The second-order valence-electron chi connectivity index (χ2n) is 8.59. The molecule has 1 N–H and O–H groups in total. The molecule has 0 aliphatic carbocycles. The summed E-state index contributed by atoms with van der Waals surface area (Å²) in [4.78, 5) is 26.3. The highest BCUT2D eigenvalue weighted by molar-refractivity contribution is 5.79. The van der Waals surface area contributed by atoms with Gasteiger partial charge in [0.1, 0.15) is 11.6 Å². The maximum absolute atomic E-state index is 13.6. The van der Waals surface area contributed by atoms with E-state index in [-0.39, 0.29) is 17.6 Å². The van der Waals surface area contributed by atoms with Gasteiger partial charge in [0, 0.05) is 50.2 Å². The van der Waals surface area contributed by atoms with Crippen molar-refractivity contribution < 1.29 is 9.18 Å². The highest BCUT2D eigenvalue weighted by atomic mass is 19.1. The number of nitrogens with zero attached hydrogens (tertiary/aromatic N) is 4. The van der Waals surface area contributed by atoms with Crippen LogP contribution in [0.4, 0.5) is 15.9 Å². The Morgan fingerprint density at radius 1 is 1.15 bits per heavy atom. The summed E-state index contributed by atoms with van der Waals surface area (Å²) in [6, 6.07) is 16.5. The van der Waals surface area contributed by atoms with Crippen LogP contribution in [-0.4, -0.2) is 42.1 Å². The van der Waals surface area contributed by atoms with Crippen LogP contribution < -0.4 is 15.1 Å². The van der Waals surface area contributed by atoms with Crippen LogP contribution in [0.2, 0.25) is 0 Å². The zero-order valence-corrected chi connectivity index (χ0v) is 19.9. The first-order valence-electron chi connectivity index (χ1n) is 12.0. The fraction of sp³-hybridized carbons (Fsp3) is 0.370. The first kappa shape index (κ1) is 23.7. The Kier molecular flexibility index (Phi) is 7.72. The molecule has 3 aromatic rings. The van der Waals surface area contributed by atoms with Gasteiger partial charge in [-0.2, -0.15) is 0 Å². The minimum Gasteiger partial charge on any atom is -0.372 e. The van der Waals surface area contributed by atoms with Gasteiger partial charge >= 0.3 is 0 Å². The lowest BCUT2D eigenvalue weighted by atomic mass is 9.97. The summed E-state index contributed by atoms with van der Waals surface area (Å²) in [6.07, 6.45) is 3.45. The summed E-state index contributed by atoms with van der Waals surface area (Å²) >= 11 is 0. The van der Waals surface area contributed by atoms with Crippen LogP contribution in [0.25, 0.3) is 11.4 Å². The number of nitrogens with one attached hydrogen (secondary N) is 1. The average molecular weight is 462 g/mol. The lowest BCUT2D eigenvalue weighted by Crippen LogP contribution is -2.43. The molecule has 7 heteroatoms. The number of halogens is 1. The minimum absolute atomic E-state index is 0.0666. The molecule has 1 saturated heterocycles. The summed E-state index contributed by atoms with van der Waals surface area (Å²) in [5.41, 5.74) is 2.93. The van der Waals surface area contributed by atoms with Gasteiger partial charge in [-0.25, -0.2) is 14.4 Å². The maximum Gasteiger partial charge on any atom is 0.225 e. The van der Waals surface area contributed by atoms with E-state index in [9.17, 15) is 9.18 Å². The van der Waals surface area contributed by atoms with Gasteiger partial charge < -0.3 is 15.1 Å². The van der Waals surface area contributed by atoms with Gasteiger partial charge in [0.2, 0.25) is 5.91 Å². The van der Waals surface area contributed by atoms with E-state index in [1.165, 1.54) is 17.8 Å². The number of anilines is 2. The Morgan fingerprint density at radius 2 is 1.94 bits per heavy atom. The van der Waals surface area contributed by atoms with Crippen LogP contribution in [0.15, 0.2) is 60.8 Å². The smallest absolute Gasteiger partial charge is 0.225 e. The van der Waals surface area contributed by atoms with E-state index >= 15 is 0 Å². The van der Waals surface area contributed by atoms with Crippen LogP contribution >= 0.6 is 0 Å². The van der Waals surface area contributed by atoms with Crippen LogP contribution in [0.1, 0.15) is 32.3 Å². The molecule has 0 saturated carbocycles. The maximum atomic E-state index is 13.6. The third kappa shape index (κ3) is 5.71. The number of rotatable bonds is 8. The van der Waals surface area contributed by atoms with Gasteiger partial charge in [-0.15, -0.1) is 0 Å². The Morgan fingerprint density at radius 3 is 2.68 bits per heavy atom. The second kappa shape index (κ2) is 11.1. The number of piperidine rings is 1. The normalized spacial score (nSPS) is 15.7. The molecule has 1 atom stereocenters. The molecule has 0 radical (unpaired) electrons. The molecule has 0 spiro atoms. The van der Waals surface area contributed by atoms with E-state index in [4.69, 9.17) is 0 Å². The second-order valence-corrected chi connectivity index (χ2v) is 8.59. The summed E-state index contributed by atoms with van der Waals surface area (Å²) in [5, 5.41) is 3.11. The fourth-order valence-electron chi connectivity index (χ4n) is 4.44. The third-order valence-electron chi connectivity index (χ3n) is 6.37. The molecule has 1 unspecified atom stereocenters. The monoisotopic (exact) mass is 461 g/mol. The van der Waals surface area contributed by atoms with Crippen molar-refractivity contribution in [3.63, 3.8) is 0 Å². The molecule has 1 aromatic heterocycles. The molecule has 1 amide bonds. The predicted octanol–water partition coefficient (Wildman–Crippen LogP) is 4.66. The molecule has 2 heterocycles. The molecule has 1 aliphatic rings. The summed E-state index contributed by atoms with van der Waals surface area (Å²) < 4.78 is 13.6. The van der Waals surface area contributed by atoms with Crippen LogP contribution in [-0.2, 0) is 11.3 Å². The standard InChI is InChI=1S/C27H32FN5O/c1-3-32(4-2)24-12-10-20(11-13-24)18-30-27(34)22-8-6-16-33(19-22)25-14-15-29-26(31-25)21-7-5-9-23(28)17-21/h5,7,9-15,17,22H,3-4,6,8,16,18-19H2,1-2H3,(H,30,34). The van der Waals surface area contributed by atoms with Crippen molar-refractivity contribution in [2.24, 2.45) is 5.92 Å². The minimum atomic E-state index is -0.316. The van der Waals surface area contributed by atoms with Crippen molar-refractivity contribution in [3.8, 4) is 11.4 Å². The topological polar surface area (TPSA) is 61.4 Å². The van der Waals surface area contributed by atoms with E-state index in [0.717, 1.165) is 43.9 Å². The Balaban J connectivity index is 1.36. The molecule has 178 valence electrons. The molecular formula is C27H32FN5O. The number of carbonyl (C=O) groups excluding carboxylic acids is 1. The first-order chi connectivity index (χ1) is 16.6. The van der Waals surface area contributed by atoms with Crippen LogP contribution in [0.5, 0.6) is 0 Å². The summed E-state index contributed by atoms with van der Waals surface area (Å²) in [6.45, 7) is 8.19. The van der Waals surface area contributed by atoms with E-state index in [1.807, 2.05) is 6.07 Å².